The molecule has 0 aliphatic carbocycles. The highest BCUT2D eigenvalue weighted by atomic mass is 32.2. The Morgan fingerprint density at radius 2 is 0.408 bits per heavy atom. The third-order valence-electron chi connectivity index (χ3n) is 17.8. The van der Waals surface area contributed by atoms with E-state index in [4.69, 9.17) is 0 Å². The summed E-state index contributed by atoms with van der Waals surface area (Å²) in [6, 6.07) is 52.0. The van der Waals surface area contributed by atoms with Crippen molar-refractivity contribution in [2.45, 2.75) is 0 Å². The molecule has 0 saturated heterocycles. The van der Waals surface area contributed by atoms with Gasteiger partial charge in [-0.3, -0.25) is 38.8 Å². The number of rotatable bonds is 10. The van der Waals surface area contributed by atoms with Crippen LogP contribution in [0, 0.1) is 0 Å². The van der Waals surface area contributed by atoms with E-state index in [0.717, 1.165) is 61.3 Å². The van der Waals surface area contributed by atoms with E-state index in [-0.39, 0.29) is 23.6 Å². The van der Waals surface area contributed by atoms with Crippen molar-refractivity contribution in [2.75, 3.05) is 0 Å². The number of fused-ring (bicyclic) bond motifs is 14. The van der Waals surface area contributed by atoms with Crippen molar-refractivity contribution in [3.63, 3.8) is 0 Å². The molecule has 0 radical (unpaired) electrons. The molecule has 22 heterocycles. The van der Waals surface area contributed by atoms with Crippen LogP contribution >= 0.6 is 159 Å². The molecule has 0 unspecified atom stereocenters. The molecule has 4 amide bonds. The first-order valence-electron chi connectivity index (χ1n) is 30.6. The van der Waals surface area contributed by atoms with Gasteiger partial charge in [0.1, 0.15) is 0 Å². The molecule has 8 aliphatic rings. The molecule has 98 heavy (non-hydrogen) atoms. The van der Waals surface area contributed by atoms with Gasteiger partial charge >= 0.3 is 0 Å². The zero-order chi connectivity index (χ0) is 64.8. The predicted octanol–water partition coefficient (Wildman–Crippen LogP) is 24.5. The molecule has 0 N–H and O–H groups in total. The Balaban J connectivity index is 0.000000132. The summed E-state index contributed by atoms with van der Waals surface area (Å²) in [7, 11) is 0. The summed E-state index contributed by atoms with van der Waals surface area (Å²) < 4.78 is 0. The van der Waals surface area contributed by atoms with Gasteiger partial charge in [-0.1, -0.05) is 24.3 Å². The lowest BCUT2D eigenvalue weighted by atomic mass is 10.0. The quantitative estimate of drug-likeness (QED) is 0.137. The molecule has 0 atom stereocenters. The van der Waals surface area contributed by atoms with Gasteiger partial charge in [0.15, 0.2) is 0 Å². The van der Waals surface area contributed by atoms with Gasteiger partial charge in [-0.2, -0.15) is 0 Å². The monoisotopic (exact) mass is 1520 g/mol. The minimum atomic E-state index is -0.144. The van der Waals surface area contributed by atoms with Crippen LogP contribution in [-0.2, 0) is 19.2 Å². The summed E-state index contributed by atoms with van der Waals surface area (Å²) >= 11 is 24.4. The van der Waals surface area contributed by atoms with Gasteiger partial charge in [0.25, 0.3) is 23.6 Å². The van der Waals surface area contributed by atoms with Gasteiger partial charge in [-0.25, -0.2) is 0 Å². The first kappa shape index (κ1) is 58.6. The fourth-order valence-corrected chi connectivity index (χ4v) is 28.1. The van der Waals surface area contributed by atoms with Crippen molar-refractivity contribution in [2.24, 2.45) is 0 Å². The molecule has 0 aromatic carbocycles. The lowest BCUT2D eigenvalue weighted by Gasteiger charge is -2.24. The number of nitrogens with zero attached hydrogens (tertiary/aromatic N) is 4. The first-order valence-corrected chi connectivity index (χ1v) is 42.2. The second kappa shape index (κ2) is 22.6. The number of hydrogen-bond donors (Lipinski definition) is 0. The fraction of sp³-hybridized carbons (Fsp3) is 0. The highest BCUT2D eigenvalue weighted by Crippen LogP contribution is 2.58. The van der Waals surface area contributed by atoms with E-state index in [1.165, 1.54) is 78.0 Å². The lowest BCUT2D eigenvalue weighted by Crippen LogP contribution is -2.25. The van der Waals surface area contributed by atoms with Crippen LogP contribution in [0.4, 0.5) is 0 Å². The molecule has 22 rings (SSSR count). The fourth-order valence-electron chi connectivity index (χ4n) is 13.4. The number of thiophene rings is 14. The third kappa shape index (κ3) is 9.04. The molecule has 468 valence electrons. The molecule has 8 aliphatic heterocycles. The van der Waals surface area contributed by atoms with Crippen LogP contribution in [0.25, 0.3) is 145 Å². The average molecular weight is 1520 g/mol. The van der Waals surface area contributed by atoms with Crippen molar-refractivity contribution in [3.05, 3.63) is 256 Å². The van der Waals surface area contributed by atoms with Gasteiger partial charge in [0.05, 0.1) is 64.6 Å². The molecule has 22 heteroatoms. The molecule has 8 nitrogen and oxygen atoms in total. The van der Waals surface area contributed by atoms with Crippen molar-refractivity contribution in [3.8, 4) is 97.5 Å². The summed E-state index contributed by atoms with van der Waals surface area (Å²) in [6.45, 7) is 0. The van der Waals surface area contributed by atoms with Crippen molar-refractivity contribution in [1.82, 2.24) is 19.6 Å². The van der Waals surface area contributed by atoms with Crippen LogP contribution in [0.5, 0.6) is 0 Å². The summed E-state index contributed by atoms with van der Waals surface area (Å²) in [5.41, 5.74) is 9.03. The summed E-state index contributed by atoms with van der Waals surface area (Å²) in [6.07, 6.45) is 15.3. The maximum absolute atomic E-state index is 14.3. The second-order valence-electron chi connectivity index (χ2n) is 23.3. The Morgan fingerprint density at radius 3 is 0.602 bits per heavy atom. The van der Waals surface area contributed by atoms with Crippen LogP contribution in [0.15, 0.2) is 214 Å². The minimum absolute atomic E-state index is 0.138. The van der Waals surface area contributed by atoms with E-state index >= 15 is 0 Å². The largest absolute Gasteiger partial charge is 0.281 e. The van der Waals surface area contributed by atoms with E-state index in [0.29, 0.717) is 45.1 Å². The van der Waals surface area contributed by atoms with E-state index in [2.05, 4.69) is 167 Å². The van der Waals surface area contributed by atoms with Gasteiger partial charge in [-0.05, 0) is 189 Å². The van der Waals surface area contributed by atoms with Crippen LogP contribution in [0.1, 0.15) is 41.8 Å². The molecule has 0 saturated carbocycles. The van der Waals surface area contributed by atoms with Gasteiger partial charge in [-0.15, -0.1) is 159 Å². The molecule has 0 spiro atoms. The highest BCUT2D eigenvalue weighted by Gasteiger charge is 2.53. The normalized spacial score (nSPS) is 15.8. The van der Waals surface area contributed by atoms with Gasteiger partial charge < -0.3 is 0 Å². The van der Waals surface area contributed by atoms with Crippen LogP contribution < -0.4 is 0 Å². The Kier molecular flexibility index (Phi) is 13.5. The average Bonchev–Trinajstić information content (AvgIpc) is 1.54. The standard InChI is InChI=1S/C42H20N2O2S8.C34H16N2O2S6/c45-41-35-36(38-40-22(14-16-44(38)41)20-34(54-40)32-12-10-30(52-32)28-8-6-26(50-28)24-4-2-18-48-24)42(46)43-15-13-21-19-33(53-39(21)37(35)43)31-11-9-29(51-31)27-7-5-25(49-27)23-3-1-17-47-23;37-33-27-28(30-32-18(10-12-36(30)33)16-26(44-32)24-8-6-22(42-24)20-4-2-14-40-20)34(38)35-11-9-17-15-25(43-31(17)29(27)35)23-7-5-21(41-23)19-3-1-13-39-19/h1-20H;1-16H. The minimum Gasteiger partial charge on any atom is -0.281 e. The summed E-state index contributed by atoms with van der Waals surface area (Å²) in [4.78, 5) is 91.7. The van der Waals surface area contributed by atoms with Gasteiger partial charge in [0.2, 0.25) is 0 Å². The van der Waals surface area contributed by atoms with Crippen LogP contribution in [-0.4, -0.2) is 43.2 Å². The summed E-state index contributed by atoms with van der Waals surface area (Å²) in [5, 5.41) is 8.43. The smallest absolute Gasteiger partial charge is 0.265 e. The van der Waals surface area contributed by atoms with Gasteiger partial charge in [0, 0.05) is 122 Å². The molecule has 0 fully saturated rings. The first-order chi connectivity index (χ1) is 48.2. The van der Waals surface area contributed by atoms with Crippen molar-refractivity contribution < 1.29 is 19.2 Å². The van der Waals surface area contributed by atoms with E-state index in [1.54, 1.807) is 156 Å². The molecule has 14 aromatic heterocycles. The second-order valence-corrected chi connectivity index (χ2v) is 37.8. The third-order valence-corrected chi connectivity index (χ3v) is 34.4. The maximum atomic E-state index is 14.3. The Hall–Kier alpha value is -8.40. The number of carbonyl (C=O) groups excluding carboxylic acids is 4. The lowest BCUT2D eigenvalue weighted by molar-refractivity contribution is -0.122. The molecule has 0 bridgehead atoms. The van der Waals surface area contributed by atoms with E-state index < -0.39 is 0 Å². The van der Waals surface area contributed by atoms with E-state index in [9.17, 15) is 19.2 Å². The predicted molar refractivity (Wildman–Crippen MR) is 422 cm³/mol. The highest BCUT2D eigenvalue weighted by molar-refractivity contribution is 7.30. The van der Waals surface area contributed by atoms with Crippen LogP contribution in [0.3, 0.4) is 0 Å². The van der Waals surface area contributed by atoms with Crippen molar-refractivity contribution in [1.29, 1.82) is 0 Å². The molecular formula is C76H36N4O4S14. The Labute approximate surface area is 615 Å². The zero-order valence-corrected chi connectivity index (χ0v) is 61.4. The van der Waals surface area contributed by atoms with Crippen LogP contribution in [0.2, 0.25) is 0 Å². The Bertz CT molecular complexity index is 5690. The number of amides is 4. The Morgan fingerprint density at radius 1 is 0.214 bits per heavy atom. The van der Waals surface area contributed by atoms with E-state index in [1.807, 2.05) is 71.8 Å². The number of carbonyl (C=O) groups is 4. The maximum Gasteiger partial charge on any atom is 0.265 e. The topological polar surface area (TPSA) is 81.2 Å². The summed E-state index contributed by atoms with van der Waals surface area (Å²) in [5.74, 6) is -0.564. The zero-order valence-electron chi connectivity index (χ0n) is 49.9. The molecule has 14 aromatic rings. The molecular weight excluding hydrogens is 1480 g/mol. The van der Waals surface area contributed by atoms with Crippen molar-refractivity contribution >= 4 is 229 Å². The number of hydrogen-bond acceptors (Lipinski definition) is 18. The SMILES string of the molecule is O=C1C2=C3c4sc(-c5ccc(-c6ccc(-c7cccs7)s6)s5)cc4C=CN3C(=O)C2=C2c3sc(-c4ccc(-c5ccc(-c6cccs6)s5)s4)cc3C=CN12.O=C1C2=C3c4sc(-c5ccc(-c6cccs6)s5)cc4C=CN3C(=O)C2=C2c3sc(-c4ccc(-c5cccs5)s4)cc3C=CN12.